The van der Waals surface area contributed by atoms with Crippen molar-refractivity contribution in [2.45, 2.75) is 13.5 Å². The Labute approximate surface area is 113 Å². The van der Waals surface area contributed by atoms with Gasteiger partial charge in [-0.2, -0.15) is 0 Å². The average Bonchev–Trinajstić information content (AvgIpc) is 2.40. The molecule has 3 heteroatoms. The predicted octanol–water partition coefficient (Wildman–Crippen LogP) is 4.48. The van der Waals surface area contributed by atoms with Gasteiger partial charge in [-0.25, -0.2) is 0 Å². The van der Waals surface area contributed by atoms with Crippen molar-refractivity contribution in [2.24, 2.45) is 0 Å². The largest absolute Gasteiger partial charge is 0.497 e. The highest BCUT2D eigenvalue weighted by Crippen LogP contribution is 2.12. The minimum atomic E-state index is 0.501. The lowest BCUT2D eigenvalue weighted by molar-refractivity contribution is 0.210. The third kappa shape index (κ3) is 5.11. The van der Waals surface area contributed by atoms with Gasteiger partial charge >= 0.3 is 0 Å². The summed E-state index contributed by atoms with van der Waals surface area (Å²) in [5, 5.41) is 0.723. The predicted molar refractivity (Wildman–Crippen MR) is 75.3 cm³/mol. The first-order valence-electron chi connectivity index (χ1n) is 5.60. The van der Waals surface area contributed by atoms with Crippen LogP contribution in [0.1, 0.15) is 12.5 Å². The summed E-state index contributed by atoms with van der Waals surface area (Å²) in [4.78, 5) is 0. The Bertz CT molecular complexity index is 444. The summed E-state index contributed by atoms with van der Waals surface area (Å²) in [6.07, 6.45) is 5.47. The monoisotopic (exact) mass is 264 g/mol. The van der Waals surface area contributed by atoms with Crippen LogP contribution >= 0.6 is 11.6 Å². The number of methoxy groups -OCH3 is 1. The van der Waals surface area contributed by atoms with Crippen molar-refractivity contribution in [1.29, 1.82) is 0 Å². The van der Waals surface area contributed by atoms with Gasteiger partial charge in [0.25, 0.3) is 0 Å². The van der Waals surface area contributed by atoms with Crippen LogP contribution in [-0.4, -0.2) is 7.11 Å². The van der Waals surface area contributed by atoms with Crippen molar-refractivity contribution in [1.82, 2.24) is 0 Å². The zero-order valence-electron chi connectivity index (χ0n) is 10.7. The number of ether oxygens (including phenoxy) is 2. The molecular formula is C15H17ClO2. The molecule has 0 heterocycles. The Hall–Kier alpha value is -1.67. The van der Waals surface area contributed by atoms with E-state index in [1.807, 2.05) is 43.3 Å². The second-order valence-electron chi connectivity index (χ2n) is 3.61. The number of halogens is 1. The fourth-order valence-electron chi connectivity index (χ4n) is 1.22. The number of hydrogen-bond donors (Lipinski definition) is 0. The first-order chi connectivity index (χ1) is 8.65. The Morgan fingerprint density at radius 2 is 1.94 bits per heavy atom. The van der Waals surface area contributed by atoms with Crippen LogP contribution < -0.4 is 0 Å². The van der Waals surface area contributed by atoms with E-state index in [4.69, 9.17) is 21.1 Å². The number of benzene rings is 1. The van der Waals surface area contributed by atoms with Crippen molar-refractivity contribution in [2.75, 3.05) is 7.11 Å². The van der Waals surface area contributed by atoms with Gasteiger partial charge in [0.05, 0.1) is 7.11 Å². The standard InChI is InChI=1S/C15H17ClO2/c1-4-15(10-5-12(2)17-3)18-11-13-6-8-14(16)9-7-13/h4-10H,2,11H2,1,3H3/b10-5-,15-4+. The van der Waals surface area contributed by atoms with Crippen LogP contribution in [0.5, 0.6) is 0 Å². The molecule has 0 N–H and O–H groups in total. The molecule has 0 unspecified atom stereocenters. The van der Waals surface area contributed by atoms with Crippen LogP contribution in [0.2, 0.25) is 5.02 Å². The van der Waals surface area contributed by atoms with Gasteiger partial charge in [0.1, 0.15) is 18.1 Å². The Morgan fingerprint density at radius 3 is 2.50 bits per heavy atom. The third-order valence-electron chi connectivity index (χ3n) is 2.30. The normalized spacial score (nSPS) is 11.6. The molecule has 1 aromatic rings. The van der Waals surface area contributed by atoms with Crippen LogP contribution in [0.3, 0.4) is 0 Å². The summed E-state index contributed by atoms with van der Waals surface area (Å²) in [5.74, 6) is 1.35. The molecule has 0 aliphatic carbocycles. The van der Waals surface area contributed by atoms with Gasteiger partial charge in [-0.3, -0.25) is 0 Å². The Balaban J connectivity index is 2.52. The molecule has 0 spiro atoms. The molecule has 0 fully saturated rings. The molecule has 0 atom stereocenters. The molecule has 96 valence electrons. The van der Waals surface area contributed by atoms with E-state index < -0.39 is 0 Å². The number of allylic oxidation sites excluding steroid dienone is 3. The van der Waals surface area contributed by atoms with Crippen LogP contribution in [0.15, 0.2) is 60.6 Å². The van der Waals surface area contributed by atoms with Crippen molar-refractivity contribution < 1.29 is 9.47 Å². The molecule has 0 aliphatic rings. The van der Waals surface area contributed by atoms with E-state index in [0.717, 1.165) is 16.3 Å². The Morgan fingerprint density at radius 1 is 1.28 bits per heavy atom. The van der Waals surface area contributed by atoms with E-state index >= 15 is 0 Å². The van der Waals surface area contributed by atoms with Crippen molar-refractivity contribution in [3.05, 3.63) is 71.2 Å². The van der Waals surface area contributed by atoms with E-state index in [2.05, 4.69) is 6.58 Å². The molecule has 0 radical (unpaired) electrons. The zero-order chi connectivity index (χ0) is 13.4. The maximum atomic E-state index is 5.82. The van der Waals surface area contributed by atoms with Crippen molar-refractivity contribution in [3.63, 3.8) is 0 Å². The van der Waals surface area contributed by atoms with Crippen LogP contribution in [-0.2, 0) is 16.1 Å². The zero-order valence-corrected chi connectivity index (χ0v) is 11.4. The van der Waals surface area contributed by atoms with Crippen molar-refractivity contribution >= 4 is 11.6 Å². The maximum Gasteiger partial charge on any atom is 0.115 e. The third-order valence-corrected chi connectivity index (χ3v) is 2.55. The van der Waals surface area contributed by atoms with E-state index in [1.54, 1.807) is 13.2 Å². The van der Waals surface area contributed by atoms with E-state index in [1.165, 1.54) is 0 Å². The van der Waals surface area contributed by atoms with Gasteiger partial charge in [-0.15, -0.1) is 0 Å². The molecule has 0 saturated carbocycles. The number of hydrogen-bond acceptors (Lipinski definition) is 2. The smallest absolute Gasteiger partial charge is 0.115 e. The molecule has 0 aromatic heterocycles. The minimum Gasteiger partial charge on any atom is -0.497 e. The average molecular weight is 265 g/mol. The molecule has 18 heavy (non-hydrogen) atoms. The summed E-state index contributed by atoms with van der Waals surface area (Å²) in [5.41, 5.74) is 1.07. The first-order valence-corrected chi connectivity index (χ1v) is 5.98. The van der Waals surface area contributed by atoms with Crippen molar-refractivity contribution in [3.8, 4) is 0 Å². The highest BCUT2D eigenvalue weighted by molar-refractivity contribution is 6.30. The molecule has 2 nitrogen and oxygen atoms in total. The summed E-state index contributed by atoms with van der Waals surface area (Å²) in [7, 11) is 1.58. The summed E-state index contributed by atoms with van der Waals surface area (Å²) in [6, 6.07) is 7.57. The summed E-state index contributed by atoms with van der Waals surface area (Å²) in [6.45, 7) is 6.12. The van der Waals surface area contributed by atoms with Gasteiger partial charge in [-0.05, 0) is 42.8 Å². The molecule has 1 aromatic carbocycles. The van der Waals surface area contributed by atoms with Gasteiger partial charge in [-0.1, -0.05) is 30.3 Å². The summed E-state index contributed by atoms with van der Waals surface area (Å²) < 4.78 is 10.6. The fraction of sp³-hybridized carbons (Fsp3) is 0.200. The van der Waals surface area contributed by atoms with Crippen LogP contribution in [0.4, 0.5) is 0 Å². The molecule has 0 amide bonds. The van der Waals surface area contributed by atoms with E-state index in [9.17, 15) is 0 Å². The van der Waals surface area contributed by atoms with Crippen LogP contribution in [0.25, 0.3) is 0 Å². The van der Waals surface area contributed by atoms with E-state index in [0.29, 0.717) is 12.4 Å². The molecule has 0 bridgehead atoms. The summed E-state index contributed by atoms with van der Waals surface area (Å²) >= 11 is 5.82. The van der Waals surface area contributed by atoms with E-state index in [-0.39, 0.29) is 0 Å². The lowest BCUT2D eigenvalue weighted by Crippen LogP contribution is -1.91. The fourth-order valence-corrected chi connectivity index (χ4v) is 1.34. The second kappa shape index (κ2) is 7.62. The topological polar surface area (TPSA) is 18.5 Å². The minimum absolute atomic E-state index is 0.501. The lowest BCUT2D eigenvalue weighted by Gasteiger charge is -2.07. The maximum absolute atomic E-state index is 5.82. The first kappa shape index (κ1) is 14.4. The van der Waals surface area contributed by atoms with Gasteiger partial charge in [0.2, 0.25) is 0 Å². The Kier molecular flexibility index (Phi) is 6.09. The highest BCUT2D eigenvalue weighted by Gasteiger charge is 1.96. The molecule has 0 saturated heterocycles. The highest BCUT2D eigenvalue weighted by atomic mass is 35.5. The molecule has 0 aliphatic heterocycles. The molecule has 1 rings (SSSR count). The van der Waals surface area contributed by atoms with Gasteiger partial charge < -0.3 is 9.47 Å². The SMILES string of the molecule is C=C(/C=C\C(=C/C)OCc1ccc(Cl)cc1)OC. The number of rotatable bonds is 6. The van der Waals surface area contributed by atoms with Gasteiger partial charge in [0.15, 0.2) is 0 Å². The lowest BCUT2D eigenvalue weighted by atomic mass is 10.2. The van der Waals surface area contributed by atoms with Crippen LogP contribution in [0, 0.1) is 0 Å². The second-order valence-corrected chi connectivity index (χ2v) is 4.05. The molecular weight excluding hydrogens is 248 g/mol. The van der Waals surface area contributed by atoms with Gasteiger partial charge in [0, 0.05) is 5.02 Å². The quantitative estimate of drug-likeness (QED) is 0.557.